The second-order valence-electron chi connectivity index (χ2n) is 5.62. The Morgan fingerprint density at radius 3 is 2.70 bits per heavy atom. The van der Waals surface area contributed by atoms with E-state index in [0.717, 1.165) is 0 Å². The lowest BCUT2D eigenvalue weighted by atomic mass is 10.1. The van der Waals surface area contributed by atoms with Crippen LogP contribution in [0.5, 0.6) is 0 Å². The highest BCUT2D eigenvalue weighted by molar-refractivity contribution is 4.99. The summed E-state index contributed by atoms with van der Waals surface area (Å²) in [6.07, 6.45) is 3.44. The van der Waals surface area contributed by atoms with Gasteiger partial charge in [-0.15, -0.1) is 6.42 Å². The van der Waals surface area contributed by atoms with E-state index in [4.69, 9.17) is 34.8 Å². The normalized spacial score (nSPS) is 46.3. The number of ether oxygens (including phenoxy) is 6. The summed E-state index contributed by atoms with van der Waals surface area (Å²) >= 11 is 0. The maximum Gasteiger partial charge on any atom is 0.190 e. The molecule has 3 rings (SSSR count). The maximum absolute atomic E-state index is 5.92. The molecule has 3 aliphatic heterocycles. The van der Waals surface area contributed by atoms with Gasteiger partial charge in [-0.05, 0) is 20.8 Å². The first-order chi connectivity index (χ1) is 9.50. The van der Waals surface area contributed by atoms with Crippen LogP contribution in [0.4, 0.5) is 0 Å². The van der Waals surface area contributed by atoms with Crippen LogP contribution in [0.2, 0.25) is 0 Å². The van der Waals surface area contributed by atoms with Gasteiger partial charge in [0.1, 0.15) is 31.0 Å². The summed E-state index contributed by atoms with van der Waals surface area (Å²) in [7, 11) is 0. The predicted molar refractivity (Wildman–Crippen MR) is 67.6 cm³/mol. The van der Waals surface area contributed by atoms with Gasteiger partial charge in [-0.3, -0.25) is 0 Å². The van der Waals surface area contributed by atoms with E-state index in [1.54, 1.807) is 0 Å². The molecule has 0 aromatic carbocycles. The molecule has 0 spiro atoms. The molecule has 6 atom stereocenters. The van der Waals surface area contributed by atoms with Gasteiger partial charge in [-0.1, -0.05) is 5.92 Å². The zero-order chi connectivity index (χ0) is 14.3. The Balaban J connectivity index is 1.73. The van der Waals surface area contributed by atoms with Gasteiger partial charge in [0, 0.05) is 0 Å². The van der Waals surface area contributed by atoms with E-state index < -0.39 is 12.1 Å². The zero-order valence-electron chi connectivity index (χ0n) is 11.9. The van der Waals surface area contributed by atoms with E-state index in [1.807, 2.05) is 20.8 Å². The first kappa shape index (κ1) is 14.3. The highest BCUT2D eigenvalue weighted by atomic mass is 16.8. The van der Waals surface area contributed by atoms with Gasteiger partial charge >= 0.3 is 0 Å². The summed E-state index contributed by atoms with van der Waals surface area (Å²) in [6, 6.07) is 0. The van der Waals surface area contributed by atoms with Crippen molar-refractivity contribution >= 4 is 0 Å². The molecule has 112 valence electrons. The van der Waals surface area contributed by atoms with Crippen LogP contribution in [-0.2, 0) is 28.4 Å². The first-order valence-electron chi connectivity index (χ1n) is 6.83. The van der Waals surface area contributed by atoms with E-state index >= 15 is 0 Å². The molecule has 3 aliphatic rings. The topological polar surface area (TPSA) is 55.4 Å². The Labute approximate surface area is 118 Å². The molecule has 3 fully saturated rings. The highest BCUT2D eigenvalue weighted by Crippen LogP contribution is 2.40. The molecule has 1 unspecified atom stereocenters. The smallest absolute Gasteiger partial charge is 0.190 e. The number of fused-ring (bicyclic) bond motifs is 1. The number of hydrogen-bond acceptors (Lipinski definition) is 6. The van der Waals surface area contributed by atoms with Crippen LogP contribution >= 0.6 is 0 Å². The summed E-state index contributed by atoms with van der Waals surface area (Å²) < 4.78 is 34.3. The molecule has 3 saturated heterocycles. The zero-order valence-corrected chi connectivity index (χ0v) is 11.9. The van der Waals surface area contributed by atoms with Crippen LogP contribution in [0, 0.1) is 12.3 Å². The van der Waals surface area contributed by atoms with Crippen LogP contribution in [0.25, 0.3) is 0 Å². The Bertz CT molecular complexity index is 403. The summed E-state index contributed by atoms with van der Waals surface area (Å²) in [5, 5.41) is 0. The van der Waals surface area contributed by atoms with Gasteiger partial charge in [-0.25, -0.2) is 0 Å². The molecule has 20 heavy (non-hydrogen) atoms. The molecule has 6 nitrogen and oxygen atoms in total. The van der Waals surface area contributed by atoms with Gasteiger partial charge in [0.2, 0.25) is 0 Å². The largest absolute Gasteiger partial charge is 0.360 e. The molecule has 0 aromatic heterocycles. The predicted octanol–water partition coefficient (Wildman–Crippen LogP) is 0.643. The molecule has 0 radical (unpaired) electrons. The number of rotatable bonds is 3. The summed E-state index contributed by atoms with van der Waals surface area (Å²) in [5.41, 5.74) is 0. The van der Waals surface area contributed by atoms with Gasteiger partial charge in [0.15, 0.2) is 18.4 Å². The van der Waals surface area contributed by atoms with Gasteiger partial charge in [0.25, 0.3) is 0 Å². The average Bonchev–Trinajstić information content (AvgIpc) is 2.99. The molecule has 3 heterocycles. The van der Waals surface area contributed by atoms with Crippen LogP contribution in [0.15, 0.2) is 0 Å². The van der Waals surface area contributed by atoms with Crippen LogP contribution in [0.1, 0.15) is 20.8 Å². The minimum Gasteiger partial charge on any atom is -0.360 e. The molecule has 0 amide bonds. The first-order valence-corrected chi connectivity index (χ1v) is 6.83. The molecule has 0 bridgehead atoms. The molecule has 6 heteroatoms. The minimum absolute atomic E-state index is 0.195. The second-order valence-corrected chi connectivity index (χ2v) is 5.62. The molecular formula is C14H20O6. The molecular weight excluding hydrogens is 264 g/mol. The Hall–Kier alpha value is -0.680. The number of hydrogen-bond donors (Lipinski definition) is 0. The fraction of sp³-hybridized carbons (Fsp3) is 0.857. The Morgan fingerprint density at radius 1 is 1.25 bits per heavy atom. The fourth-order valence-corrected chi connectivity index (χ4v) is 2.86. The van der Waals surface area contributed by atoms with Crippen molar-refractivity contribution in [3.8, 4) is 12.3 Å². The van der Waals surface area contributed by atoms with Crippen molar-refractivity contribution in [2.24, 2.45) is 0 Å². The van der Waals surface area contributed by atoms with Gasteiger partial charge in [0.05, 0.1) is 6.61 Å². The molecule has 0 saturated carbocycles. The quantitative estimate of drug-likeness (QED) is 0.709. The van der Waals surface area contributed by atoms with Crippen molar-refractivity contribution in [1.29, 1.82) is 0 Å². The SMILES string of the molecule is C#CCO[C@@H]1[C@H]2OC(C)(C)O[C@H]2O[C@@H]1[C@@H]1COC(C)O1. The maximum atomic E-state index is 5.92. The fourth-order valence-electron chi connectivity index (χ4n) is 2.86. The Morgan fingerprint density at radius 2 is 2.05 bits per heavy atom. The summed E-state index contributed by atoms with van der Waals surface area (Å²) in [5.74, 6) is 1.79. The monoisotopic (exact) mass is 284 g/mol. The van der Waals surface area contributed by atoms with Crippen LogP contribution in [-0.4, -0.2) is 56.0 Å². The van der Waals surface area contributed by atoms with Crippen LogP contribution in [0.3, 0.4) is 0 Å². The van der Waals surface area contributed by atoms with Crippen molar-refractivity contribution in [2.45, 2.75) is 63.6 Å². The van der Waals surface area contributed by atoms with Gasteiger partial charge < -0.3 is 28.4 Å². The van der Waals surface area contributed by atoms with Crippen molar-refractivity contribution in [3.05, 3.63) is 0 Å². The lowest BCUT2D eigenvalue weighted by Crippen LogP contribution is -2.43. The van der Waals surface area contributed by atoms with E-state index in [2.05, 4.69) is 5.92 Å². The van der Waals surface area contributed by atoms with Crippen molar-refractivity contribution in [2.75, 3.05) is 13.2 Å². The Kier molecular flexibility index (Phi) is 3.75. The third-order valence-electron chi connectivity index (χ3n) is 3.61. The highest BCUT2D eigenvalue weighted by Gasteiger charge is 2.58. The standard InChI is InChI=1S/C14H20O6/c1-5-6-15-11-10(9-7-16-8(2)17-9)18-13-12(11)19-14(3,4)20-13/h1,8-13H,6-7H2,2-4H3/t8?,9-,10+,11-,12+,13+/m0/s1. The lowest BCUT2D eigenvalue weighted by Gasteiger charge is -2.27. The average molecular weight is 284 g/mol. The van der Waals surface area contributed by atoms with E-state index in [0.29, 0.717) is 6.61 Å². The summed E-state index contributed by atoms with van der Waals surface area (Å²) in [4.78, 5) is 0. The van der Waals surface area contributed by atoms with Crippen molar-refractivity contribution < 1.29 is 28.4 Å². The third kappa shape index (κ3) is 2.58. The van der Waals surface area contributed by atoms with Crippen LogP contribution < -0.4 is 0 Å². The minimum atomic E-state index is -0.682. The summed E-state index contributed by atoms with van der Waals surface area (Å²) in [6.45, 7) is 6.20. The van der Waals surface area contributed by atoms with Crippen molar-refractivity contribution in [3.63, 3.8) is 0 Å². The molecule has 0 N–H and O–H groups in total. The number of terminal acetylenes is 1. The van der Waals surface area contributed by atoms with E-state index in [1.165, 1.54) is 0 Å². The van der Waals surface area contributed by atoms with Crippen molar-refractivity contribution in [1.82, 2.24) is 0 Å². The second kappa shape index (κ2) is 5.26. The molecule has 0 aliphatic carbocycles. The molecule has 0 aromatic rings. The lowest BCUT2D eigenvalue weighted by molar-refractivity contribution is -0.230. The van der Waals surface area contributed by atoms with E-state index in [9.17, 15) is 0 Å². The van der Waals surface area contributed by atoms with Gasteiger partial charge in [-0.2, -0.15) is 0 Å². The third-order valence-corrected chi connectivity index (χ3v) is 3.61. The van der Waals surface area contributed by atoms with E-state index in [-0.39, 0.29) is 37.3 Å².